The summed E-state index contributed by atoms with van der Waals surface area (Å²) in [5.74, 6) is -0.371. The van der Waals surface area contributed by atoms with Crippen LogP contribution in [0, 0.1) is 0 Å². The zero-order chi connectivity index (χ0) is 27.4. The Balaban J connectivity index is 1.59. The molecule has 0 amide bonds. The summed E-state index contributed by atoms with van der Waals surface area (Å²) in [4.78, 5) is 22.8. The normalized spacial score (nSPS) is 14.4. The third kappa shape index (κ3) is 6.89. The fraction of sp³-hybridized carbons (Fsp3) is 0.226. The van der Waals surface area contributed by atoms with Crippen molar-refractivity contribution in [3.63, 3.8) is 0 Å². The lowest BCUT2D eigenvalue weighted by Gasteiger charge is -2.32. The van der Waals surface area contributed by atoms with E-state index < -0.39 is 0 Å². The monoisotopic (exact) mass is 623 g/mol. The number of rotatable bonds is 7. The highest BCUT2D eigenvalue weighted by Crippen LogP contribution is 2.38. The van der Waals surface area contributed by atoms with Crippen LogP contribution in [0.2, 0.25) is 10.0 Å². The van der Waals surface area contributed by atoms with Crippen molar-refractivity contribution in [3.05, 3.63) is 110 Å². The molecule has 0 spiro atoms. The van der Waals surface area contributed by atoms with Crippen molar-refractivity contribution in [2.45, 2.75) is 13.2 Å². The highest BCUT2D eigenvalue weighted by molar-refractivity contribution is 9.10. The molecule has 1 saturated heterocycles. The van der Waals surface area contributed by atoms with Crippen LogP contribution in [-0.4, -0.2) is 54.0 Å². The molecule has 1 aromatic heterocycles. The maximum absolute atomic E-state index is 12.8. The number of piperazine rings is 1. The highest BCUT2D eigenvalue weighted by Gasteiger charge is 2.21. The van der Waals surface area contributed by atoms with Crippen LogP contribution in [0.1, 0.15) is 21.6 Å². The smallest absolute Gasteiger partial charge is 0.338 e. The summed E-state index contributed by atoms with van der Waals surface area (Å²) in [5, 5.41) is 1.09. The van der Waals surface area contributed by atoms with Gasteiger partial charge in [-0.1, -0.05) is 75.5 Å². The molecule has 1 fully saturated rings. The molecular formula is C31H28BrCl2N3O2. The molecule has 39 heavy (non-hydrogen) atoms. The molecule has 5 rings (SSSR count). The van der Waals surface area contributed by atoms with Crippen LogP contribution in [0.5, 0.6) is 0 Å². The van der Waals surface area contributed by atoms with Gasteiger partial charge in [0.1, 0.15) is 6.61 Å². The summed E-state index contributed by atoms with van der Waals surface area (Å²) in [7, 11) is 2.14. The average molecular weight is 625 g/mol. The van der Waals surface area contributed by atoms with Gasteiger partial charge in [-0.25, -0.2) is 4.79 Å². The maximum Gasteiger partial charge on any atom is 0.338 e. The van der Waals surface area contributed by atoms with Gasteiger partial charge in [0.25, 0.3) is 0 Å². The molecule has 0 saturated carbocycles. The lowest BCUT2D eigenvalue weighted by molar-refractivity contribution is 0.0470. The minimum atomic E-state index is -0.371. The highest BCUT2D eigenvalue weighted by atomic mass is 79.9. The Morgan fingerprint density at radius 2 is 1.64 bits per heavy atom. The van der Waals surface area contributed by atoms with Crippen LogP contribution in [0.3, 0.4) is 0 Å². The van der Waals surface area contributed by atoms with E-state index in [2.05, 4.69) is 38.8 Å². The fourth-order valence-electron chi connectivity index (χ4n) is 4.61. The number of hydrogen-bond donors (Lipinski definition) is 0. The maximum atomic E-state index is 12.8. The SMILES string of the molecule is CN1CCN(Cc2nc(-c3ccc(Br)cc3)c(-c3ccc(Cl)cc3Cl)cc2COC(=O)c2ccccc2)CC1. The standard InChI is InChI=1S/C31H28BrCl2N3O2/c1-36-13-15-37(16-14-36)19-29-23(20-39-31(38)22-5-3-2-4-6-22)17-27(26-12-11-25(33)18-28(26)34)30(35-29)21-7-9-24(32)10-8-21/h2-12,17-18H,13-16,19-20H2,1H3. The molecule has 0 atom stereocenters. The number of carbonyl (C=O) groups is 1. The topological polar surface area (TPSA) is 45.7 Å². The van der Waals surface area contributed by atoms with Crippen molar-refractivity contribution < 1.29 is 9.53 Å². The number of carbonyl (C=O) groups excluding carboxylic acids is 1. The van der Waals surface area contributed by atoms with E-state index in [1.807, 2.05) is 54.6 Å². The lowest BCUT2D eigenvalue weighted by atomic mass is 9.96. The van der Waals surface area contributed by atoms with Crippen LogP contribution in [0.15, 0.2) is 83.3 Å². The summed E-state index contributed by atoms with van der Waals surface area (Å²) in [6, 6.07) is 24.6. The predicted molar refractivity (Wildman–Crippen MR) is 161 cm³/mol. The second-order valence-electron chi connectivity index (χ2n) is 9.64. The number of nitrogens with zero attached hydrogens (tertiary/aromatic N) is 3. The minimum Gasteiger partial charge on any atom is -0.457 e. The number of benzene rings is 3. The van der Waals surface area contributed by atoms with Crippen molar-refractivity contribution in [3.8, 4) is 22.4 Å². The minimum absolute atomic E-state index is 0.0998. The van der Waals surface area contributed by atoms with Crippen molar-refractivity contribution in [2.75, 3.05) is 33.2 Å². The van der Waals surface area contributed by atoms with Crippen molar-refractivity contribution >= 4 is 45.1 Å². The van der Waals surface area contributed by atoms with Gasteiger partial charge in [0, 0.05) is 69.5 Å². The van der Waals surface area contributed by atoms with Gasteiger partial charge in [-0.05, 0) is 49.5 Å². The summed E-state index contributed by atoms with van der Waals surface area (Å²) in [5.41, 5.74) is 5.69. The molecule has 0 N–H and O–H groups in total. The number of esters is 1. The first-order valence-electron chi connectivity index (χ1n) is 12.7. The average Bonchev–Trinajstić information content (AvgIpc) is 2.94. The summed E-state index contributed by atoms with van der Waals surface area (Å²) >= 11 is 16.5. The molecule has 1 aliphatic rings. The van der Waals surface area contributed by atoms with E-state index in [0.29, 0.717) is 22.2 Å². The van der Waals surface area contributed by atoms with Gasteiger partial charge in [-0.2, -0.15) is 0 Å². The Labute approximate surface area is 247 Å². The number of aromatic nitrogens is 1. The number of hydrogen-bond acceptors (Lipinski definition) is 5. The van der Waals surface area contributed by atoms with E-state index in [1.54, 1.807) is 18.2 Å². The quantitative estimate of drug-likeness (QED) is 0.198. The molecule has 5 nitrogen and oxygen atoms in total. The Morgan fingerprint density at radius 1 is 0.923 bits per heavy atom. The third-order valence-electron chi connectivity index (χ3n) is 6.87. The molecule has 1 aliphatic heterocycles. The number of ether oxygens (including phenoxy) is 1. The first-order valence-corrected chi connectivity index (χ1v) is 14.3. The van der Waals surface area contributed by atoms with Crippen LogP contribution in [-0.2, 0) is 17.9 Å². The van der Waals surface area contributed by atoms with Gasteiger partial charge in [-0.3, -0.25) is 9.88 Å². The molecule has 4 aromatic rings. The van der Waals surface area contributed by atoms with E-state index in [-0.39, 0.29) is 12.6 Å². The largest absolute Gasteiger partial charge is 0.457 e. The Hall–Kier alpha value is -2.74. The van der Waals surface area contributed by atoms with Gasteiger partial charge in [-0.15, -0.1) is 0 Å². The first kappa shape index (κ1) is 27.8. The van der Waals surface area contributed by atoms with Gasteiger partial charge in [0.05, 0.1) is 17.0 Å². The van der Waals surface area contributed by atoms with E-state index >= 15 is 0 Å². The van der Waals surface area contributed by atoms with E-state index in [0.717, 1.165) is 64.3 Å². The molecule has 2 heterocycles. The summed E-state index contributed by atoms with van der Waals surface area (Å²) < 4.78 is 6.78. The zero-order valence-electron chi connectivity index (χ0n) is 21.5. The fourth-order valence-corrected chi connectivity index (χ4v) is 5.39. The van der Waals surface area contributed by atoms with E-state index in [9.17, 15) is 4.79 Å². The molecular weight excluding hydrogens is 597 g/mol. The molecule has 0 aliphatic carbocycles. The number of pyridine rings is 1. The van der Waals surface area contributed by atoms with Crippen LogP contribution >= 0.6 is 39.1 Å². The van der Waals surface area contributed by atoms with E-state index in [1.165, 1.54) is 0 Å². The molecule has 0 radical (unpaired) electrons. The third-order valence-corrected chi connectivity index (χ3v) is 7.94. The van der Waals surface area contributed by atoms with Crippen molar-refractivity contribution in [1.82, 2.24) is 14.8 Å². The summed E-state index contributed by atoms with van der Waals surface area (Å²) in [6.07, 6.45) is 0. The van der Waals surface area contributed by atoms with E-state index in [4.69, 9.17) is 32.9 Å². The van der Waals surface area contributed by atoms with Crippen LogP contribution in [0.4, 0.5) is 0 Å². The van der Waals surface area contributed by atoms with Gasteiger partial charge in [0.15, 0.2) is 0 Å². The van der Waals surface area contributed by atoms with Crippen molar-refractivity contribution in [2.24, 2.45) is 0 Å². The number of halogens is 3. The second-order valence-corrected chi connectivity index (χ2v) is 11.4. The number of likely N-dealkylation sites (N-methyl/N-ethyl adjacent to an activating group) is 1. The predicted octanol–water partition coefficient (Wildman–Crippen LogP) is 7.59. The van der Waals surface area contributed by atoms with Gasteiger partial charge in [0.2, 0.25) is 0 Å². The molecule has 3 aromatic carbocycles. The van der Waals surface area contributed by atoms with Gasteiger partial charge < -0.3 is 9.64 Å². The van der Waals surface area contributed by atoms with Gasteiger partial charge >= 0.3 is 5.97 Å². The molecule has 0 bridgehead atoms. The molecule has 0 unspecified atom stereocenters. The zero-order valence-corrected chi connectivity index (χ0v) is 24.6. The Bertz CT molecular complexity index is 1460. The Morgan fingerprint density at radius 3 is 2.33 bits per heavy atom. The molecule has 8 heteroatoms. The molecule has 200 valence electrons. The summed E-state index contributed by atoms with van der Waals surface area (Å²) in [6.45, 7) is 4.64. The van der Waals surface area contributed by atoms with Crippen molar-refractivity contribution in [1.29, 1.82) is 0 Å². The lowest BCUT2D eigenvalue weighted by Crippen LogP contribution is -2.44. The Kier molecular flexibility index (Phi) is 9.00. The second kappa shape index (κ2) is 12.6. The van der Waals surface area contributed by atoms with Crippen LogP contribution < -0.4 is 0 Å². The van der Waals surface area contributed by atoms with Crippen LogP contribution in [0.25, 0.3) is 22.4 Å². The first-order chi connectivity index (χ1) is 18.9.